The van der Waals surface area contributed by atoms with Gasteiger partial charge in [0.1, 0.15) is 0 Å². The van der Waals surface area contributed by atoms with E-state index in [-0.39, 0.29) is 26.9 Å². The normalized spacial score (nSPS) is 9.67. The molecule has 0 fully saturated rings. The minimum Gasteiger partial charge on any atom is -0.358 e. The number of aryl methyl sites for hydroxylation is 1. The van der Waals surface area contributed by atoms with E-state index in [0.29, 0.717) is 0 Å². The van der Waals surface area contributed by atoms with Crippen LogP contribution in [-0.4, -0.2) is 0 Å². The van der Waals surface area contributed by atoms with Gasteiger partial charge in [0.2, 0.25) is 0 Å². The summed E-state index contributed by atoms with van der Waals surface area (Å²) in [6.45, 7) is 11.8. The summed E-state index contributed by atoms with van der Waals surface area (Å²) in [6, 6.07) is 8.53. The zero-order valence-electron chi connectivity index (χ0n) is 12.2. The predicted octanol–water partition coefficient (Wildman–Crippen LogP) is 5.61. The Labute approximate surface area is 126 Å². The molecule has 18 heavy (non-hydrogen) atoms. The third kappa shape index (κ3) is 8.20. The van der Waals surface area contributed by atoms with E-state index < -0.39 is 0 Å². The van der Waals surface area contributed by atoms with Crippen molar-refractivity contribution < 1.29 is 19.5 Å². The summed E-state index contributed by atoms with van der Waals surface area (Å²) >= 11 is 0. The number of hydrogen-bond acceptors (Lipinski definition) is 0. The Balaban J connectivity index is -0.000000534. The van der Waals surface area contributed by atoms with Crippen LogP contribution in [0.3, 0.4) is 0 Å². The van der Waals surface area contributed by atoms with Crippen molar-refractivity contribution in [1.82, 2.24) is 0 Å². The van der Waals surface area contributed by atoms with Crippen LogP contribution >= 0.6 is 0 Å². The number of benzene rings is 1. The molecule has 0 nitrogen and oxygen atoms in total. The molecule has 0 spiro atoms. The maximum absolute atomic E-state index is 3.66. The Morgan fingerprint density at radius 3 is 2.00 bits per heavy atom. The van der Waals surface area contributed by atoms with E-state index in [1.807, 2.05) is 26.8 Å². The summed E-state index contributed by atoms with van der Waals surface area (Å²) in [5.74, 6) is 0. The van der Waals surface area contributed by atoms with Gasteiger partial charge in [0, 0.05) is 19.5 Å². The van der Waals surface area contributed by atoms with Crippen LogP contribution < -0.4 is 0 Å². The molecule has 0 aliphatic heterocycles. The molecule has 0 unspecified atom stereocenters. The molecule has 1 radical (unpaired) electrons. The van der Waals surface area contributed by atoms with E-state index in [9.17, 15) is 0 Å². The van der Waals surface area contributed by atoms with Crippen molar-refractivity contribution in [2.75, 3.05) is 0 Å². The molecule has 0 bridgehead atoms. The van der Waals surface area contributed by atoms with Crippen LogP contribution in [0.1, 0.15) is 31.9 Å². The van der Waals surface area contributed by atoms with Crippen LogP contribution in [0.15, 0.2) is 55.1 Å². The van der Waals surface area contributed by atoms with E-state index in [1.54, 1.807) is 6.08 Å². The average molecular weight is 332 g/mol. The van der Waals surface area contributed by atoms with Crippen molar-refractivity contribution in [3.05, 3.63) is 73.7 Å². The topological polar surface area (TPSA) is 0 Å². The third-order valence-electron chi connectivity index (χ3n) is 2.11. The van der Waals surface area contributed by atoms with Crippen molar-refractivity contribution in [3.63, 3.8) is 0 Å². The molecule has 0 aromatic heterocycles. The summed E-state index contributed by atoms with van der Waals surface area (Å²) in [5.41, 5.74) is 3.76. The Kier molecular flexibility index (Phi) is 17.5. The van der Waals surface area contributed by atoms with E-state index in [0.717, 1.165) is 0 Å². The summed E-state index contributed by atoms with van der Waals surface area (Å²) in [5, 5.41) is 0. The zero-order chi connectivity index (χ0) is 12.4. The van der Waals surface area contributed by atoms with E-state index in [1.165, 1.54) is 16.7 Å². The predicted molar refractivity (Wildman–Crippen MR) is 81.9 cm³/mol. The van der Waals surface area contributed by atoms with Gasteiger partial charge in [-0.2, -0.15) is 0 Å². The van der Waals surface area contributed by atoms with Crippen molar-refractivity contribution in [2.45, 2.75) is 27.7 Å². The SMILES string of the molecule is C=C/C=C\C(=C/C)c1ccc(C)cc1.CC.[CH3-].[Rh]. The molecule has 1 rings (SSSR count). The molecule has 0 heterocycles. The van der Waals surface area contributed by atoms with E-state index >= 15 is 0 Å². The molecule has 0 amide bonds. The van der Waals surface area contributed by atoms with Gasteiger partial charge in [0.25, 0.3) is 0 Å². The summed E-state index contributed by atoms with van der Waals surface area (Å²) in [7, 11) is 0. The van der Waals surface area contributed by atoms with Crippen LogP contribution in [-0.2, 0) is 19.5 Å². The molecule has 1 heteroatoms. The molecule has 0 aliphatic carbocycles. The van der Waals surface area contributed by atoms with Gasteiger partial charge in [0.15, 0.2) is 0 Å². The van der Waals surface area contributed by atoms with E-state index in [4.69, 9.17) is 0 Å². The molecular formula is C17H25Rh-. The summed E-state index contributed by atoms with van der Waals surface area (Å²) in [4.78, 5) is 0. The summed E-state index contributed by atoms with van der Waals surface area (Å²) < 4.78 is 0. The summed E-state index contributed by atoms with van der Waals surface area (Å²) in [6.07, 6.45) is 7.91. The minimum absolute atomic E-state index is 0. The molecule has 0 saturated heterocycles. The standard InChI is InChI=1S/C14H16.C2H6.CH3.Rh/c1-4-6-7-13(5-2)14-10-8-12(3)9-11-14;1-2;;/h4-11H,1H2,2-3H3;1-2H3;1H3;/q;;-1;/b7-6-,13-5+;;;. The molecule has 0 saturated carbocycles. The van der Waals surface area contributed by atoms with Gasteiger partial charge >= 0.3 is 0 Å². The fourth-order valence-electron chi connectivity index (χ4n) is 1.28. The fourth-order valence-corrected chi connectivity index (χ4v) is 1.28. The molecule has 1 aromatic rings. The molecule has 0 N–H and O–H groups in total. The molecular weight excluding hydrogens is 307 g/mol. The van der Waals surface area contributed by atoms with Gasteiger partial charge in [-0.3, -0.25) is 0 Å². The fraction of sp³-hybridized carbons (Fsp3) is 0.235. The van der Waals surface area contributed by atoms with Crippen molar-refractivity contribution in [3.8, 4) is 0 Å². The van der Waals surface area contributed by atoms with Gasteiger partial charge in [-0.25, -0.2) is 0 Å². The van der Waals surface area contributed by atoms with Gasteiger partial charge in [-0.05, 0) is 25.0 Å². The smallest absolute Gasteiger partial charge is 0 e. The van der Waals surface area contributed by atoms with Crippen LogP contribution in [0.25, 0.3) is 5.57 Å². The van der Waals surface area contributed by atoms with Crippen molar-refractivity contribution in [2.24, 2.45) is 0 Å². The number of rotatable bonds is 3. The van der Waals surface area contributed by atoms with Crippen LogP contribution in [0.4, 0.5) is 0 Å². The first kappa shape index (κ1) is 22.3. The average Bonchev–Trinajstić information content (AvgIpc) is 2.35. The van der Waals surface area contributed by atoms with Crippen LogP contribution in [0, 0.1) is 14.4 Å². The third-order valence-corrected chi connectivity index (χ3v) is 2.11. The van der Waals surface area contributed by atoms with Crippen molar-refractivity contribution >= 4 is 5.57 Å². The first-order valence-electron chi connectivity index (χ1n) is 5.80. The quantitative estimate of drug-likeness (QED) is 0.383. The van der Waals surface area contributed by atoms with Crippen LogP contribution in [0.5, 0.6) is 0 Å². The second-order valence-corrected chi connectivity index (χ2v) is 3.20. The largest absolute Gasteiger partial charge is 0.358 e. The van der Waals surface area contributed by atoms with Gasteiger partial charge in [0.05, 0.1) is 0 Å². The molecule has 103 valence electrons. The number of allylic oxidation sites excluding steroid dienone is 5. The van der Waals surface area contributed by atoms with Crippen LogP contribution in [0.2, 0.25) is 0 Å². The van der Waals surface area contributed by atoms with E-state index in [2.05, 4.69) is 49.9 Å². The molecule has 1 aromatic carbocycles. The maximum Gasteiger partial charge on any atom is 0 e. The molecule has 0 aliphatic rings. The Hall–Kier alpha value is -0.937. The van der Waals surface area contributed by atoms with Crippen molar-refractivity contribution in [1.29, 1.82) is 0 Å². The second-order valence-electron chi connectivity index (χ2n) is 3.20. The number of hydrogen-bond donors (Lipinski definition) is 0. The van der Waals surface area contributed by atoms with Gasteiger partial charge < -0.3 is 7.43 Å². The first-order valence-corrected chi connectivity index (χ1v) is 5.80. The second kappa shape index (κ2) is 14.1. The Morgan fingerprint density at radius 2 is 1.61 bits per heavy atom. The Morgan fingerprint density at radius 1 is 1.11 bits per heavy atom. The first-order chi connectivity index (χ1) is 7.77. The van der Waals surface area contributed by atoms with Gasteiger partial charge in [-0.1, -0.05) is 74.6 Å². The zero-order valence-corrected chi connectivity index (χ0v) is 13.8. The van der Waals surface area contributed by atoms with Gasteiger partial charge in [-0.15, -0.1) is 0 Å². The maximum atomic E-state index is 3.66. The molecule has 0 atom stereocenters. The Bertz CT molecular complexity index is 356. The monoisotopic (exact) mass is 332 g/mol. The minimum atomic E-state index is 0.